The van der Waals surface area contributed by atoms with Gasteiger partial charge in [0.15, 0.2) is 0 Å². The molecule has 0 bridgehead atoms. The molecule has 7 heteroatoms. The molecular weight excluding hydrogens is 262 g/mol. The smallest absolute Gasteiger partial charge is 0.329 e. The number of amides is 2. The summed E-state index contributed by atoms with van der Waals surface area (Å²) in [4.78, 5) is 22.8. The summed E-state index contributed by atoms with van der Waals surface area (Å²) in [5.74, 6) is -0.911. The fourth-order valence-electron chi connectivity index (χ4n) is 2.16. The molecule has 1 rings (SSSR count). The topological polar surface area (TPSA) is 90.9 Å². The lowest BCUT2D eigenvalue weighted by Gasteiger charge is -2.29. The molecule has 1 aliphatic rings. The Morgan fingerprint density at radius 2 is 1.90 bits per heavy atom. The van der Waals surface area contributed by atoms with Gasteiger partial charge in [-0.2, -0.15) is 0 Å². The zero-order valence-corrected chi connectivity index (χ0v) is 12.4. The number of rotatable bonds is 5. The quantitative estimate of drug-likeness (QED) is 0.696. The van der Waals surface area contributed by atoms with Crippen molar-refractivity contribution < 1.29 is 19.4 Å². The monoisotopic (exact) mass is 287 g/mol. The van der Waals surface area contributed by atoms with Gasteiger partial charge in [0.2, 0.25) is 0 Å². The van der Waals surface area contributed by atoms with Crippen molar-refractivity contribution in [3.8, 4) is 0 Å². The van der Waals surface area contributed by atoms with Gasteiger partial charge in [-0.1, -0.05) is 20.8 Å². The molecule has 0 aromatic rings. The molecule has 1 unspecified atom stereocenters. The molecule has 0 aliphatic carbocycles. The first-order chi connectivity index (χ1) is 9.26. The van der Waals surface area contributed by atoms with E-state index in [1.54, 1.807) is 5.01 Å². The van der Waals surface area contributed by atoms with Crippen LogP contribution < -0.4 is 10.7 Å². The maximum absolute atomic E-state index is 11.9. The van der Waals surface area contributed by atoms with Crippen LogP contribution in [0.25, 0.3) is 0 Å². The summed E-state index contributed by atoms with van der Waals surface area (Å²) < 4.78 is 5.19. The minimum Gasteiger partial charge on any atom is -0.481 e. The van der Waals surface area contributed by atoms with Gasteiger partial charge in [-0.15, -0.1) is 0 Å². The van der Waals surface area contributed by atoms with Crippen molar-refractivity contribution >= 4 is 12.0 Å². The van der Waals surface area contributed by atoms with E-state index in [1.165, 1.54) is 0 Å². The standard InChI is InChI=1S/C13H25N3O4/c1-13(2,3)9-10(8-11(17)18)14-12(19)15-16-4-6-20-7-5-16/h10H,4-9H2,1-3H3,(H,17,18)(H2,14,15,19). The van der Waals surface area contributed by atoms with Gasteiger partial charge in [-0.05, 0) is 11.8 Å². The average molecular weight is 287 g/mol. The number of hydrogen-bond acceptors (Lipinski definition) is 4. The van der Waals surface area contributed by atoms with E-state index in [2.05, 4.69) is 10.7 Å². The number of urea groups is 1. The highest BCUT2D eigenvalue weighted by atomic mass is 16.5. The minimum atomic E-state index is -0.911. The highest BCUT2D eigenvalue weighted by Crippen LogP contribution is 2.22. The average Bonchev–Trinajstić information content (AvgIpc) is 2.26. The van der Waals surface area contributed by atoms with Crippen molar-refractivity contribution in [2.24, 2.45) is 5.41 Å². The van der Waals surface area contributed by atoms with Crippen molar-refractivity contribution in [2.75, 3.05) is 26.3 Å². The number of aliphatic carboxylic acids is 1. The summed E-state index contributed by atoms with van der Waals surface area (Å²) in [5, 5.41) is 13.4. The van der Waals surface area contributed by atoms with E-state index < -0.39 is 5.97 Å². The van der Waals surface area contributed by atoms with Crippen LogP contribution in [0.3, 0.4) is 0 Å². The molecule has 1 heterocycles. The Morgan fingerprint density at radius 3 is 2.40 bits per heavy atom. The van der Waals surface area contributed by atoms with Gasteiger partial charge in [-0.3, -0.25) is 10.2 Å². The maximum Gasteiger partial charge on any atom is 0.329 e. The summed E-state index contributed by atoms with van der Waals surface area (Å²) in [6.45, 7) is 8.49. The molecule has 1 fully saturated rings. The van der Waals surface area contributed by atoms with Crippen molar-refractivity contribution in [1.29, 1.82) is 0 Å². The van der Waals surface area contributed by atoms with E-state index in [9.17, 15) is 9.59 Å². The van der Waals surface area contributed by atoms with Crippen molar-refractivity contribution in [2.45, 2.75) is 39.7 Å². The molecule has 1 saturated heterocycles. The summed E-state index contributed by atoms with van der Waals surface area (Å²) in [6.07, 6.45) is 0.531. The van der Waals surface area contributed by atoms with Gasteiger partial charge in [-0.25, -0.2) is 9.80 Å². The molecule has 0 aromatic carbocycles. The molecular formula is C13H25N3O4. The zero-order valence-electron chi connectivity index (χ0n) is 12.4. The third-order valence-corrected chi connectivity index (χ3v) is 2.89. The van der Waals surface area contributed by atoms with Crippen LogP contribution in [-0.2, 0) is 9.53 Å². The van der Waals surface area contributed by atoms with E-state index >= 15 is 0 Å². The number of nitrogens with one attached hydrogen (secondary N) is 2. The molecule has 2 amide bonds. The van der Waals surface area contributed by atoms with E-state index in [-0.39, 0.29) is 23.9 Å². The number of carbonyl (C=O) groups excluding carboxylic acids is 1. The lowest BCUT2D eigenvalue weighted by atomic mass is 9.87. The summed E-state index contributed by atoms with van der Waals surface area (Å²) in [7, 11) is 0. The largest absolute Gasteiger partial charge is 0.481 e. The van der Waals surface area contributed by atoms with Crippen LogP contribution in [0.4, 0.5) is 4.79 Å². The van der Waals surface area contributed by atoms with Gasteiger partial charge in [0, 0.05) is 19.1 Å². The first-order valence-electron chi connectivity index (χ1n) is 6.88. The van der Waals surface area contributed by atoms with Gasteiger partial charge >= 0.3 is 12.0 Å². The second-order valence-electron chi connectivity index (χ2n) is 6.24. The van der Waals surface area contributed by atoms with E-state index in [0.717, 1.165) is 0 Å². The molecule has 7 nitrogen and oxygen atoms in total. The third kappa shape index (κ3) is 7.30. The fraction of sp³-hybridized carbons (Fsp3) is 0.846. The summed E-state index contributed by atoms with van der Waals surface area (Å²) in [6, 6.07) is -0.740. The highest BCUT2D eigenvalue weighted by Gasteiger charge is 2.23. The molecule has 0 radical (unpaired) electrons. The molecule has 0 spiro atoms. The number of morpholine rings is 1. The lowest BCUT2D eigenvalue weighted by Crippen LogP contribution is -2.54. The van der Waals surface area contributed by atoms with Crippen LogP contribution in [-0.4, -0.2) is 54.5 Å². The second-order valence-corrected chi connectivity index (χ2v) is 6.24. The molecule has 3 N–H and O–H groups in total. The molecule has 0 aromatic heterocycles. The normalized spacial score (nSPS) is 18.4. The van der Waals surface area contributed by atoms with Crippen LogP contribution >= 0.6 is 0 Å². The minimum absolute atomic E-state index is 0.0492. The Hall–Kier alpha value is -1.34. The van der Waals surface area contributed by atoms with E-state index in [4.69, 9.17) is 9.84 Å². The Morgan fingerprint density at radius 1 is 1.30 bits per heavy atom. The number of nitrogens with zero attached hydrogens (tertiary/aromatic N) is 1. The fourth-order valence-corrected chi connectivity index (χ4v) is 2.16. The number of carbonyl (C=O) groups is 2. The number of carboxylic acids is 1. The van der Waals surface area contributed by atoms with Gasteiger partial charge < -0.3 is 15.2 Å². The number of hydrogen-bond donors (Lipinski definition) is 3. The molecule has 1 atom stereocenters. The van der Waals surface area contributed by atoms with Crippen molar-refractivity contribution in [1.82, 2.24) is 15.8 Å². The molecule has 116 valence electrons. The molecule has 1 aliphatic heterocycles. The Kier molecular flexibility index (Phi) is 6.22. The molecule has 20 heavy (non-hydrogen) atoms. The van der Waals surface area contributed by atoms with Gasteiger partial charge in [0.05, 0.1) is 19.6 Å². The zero-order chi connectivity index (χ0) is 15.2. The Bertz CT molecular complexity index is 335. The Labute approximate surface area is 119 Å². The van der Waals surface area contributed by atoms with Crippen molar-refractivity contribution in [3.05, 3.63) is 0 Å². The third-order valence-electron chi connectivity index (χ3n) is 2.89. The van der Waals surface area contributed by atoms with Crippen LogP contribution in [0.2, 0.25) is 0 Å². The van der Waals surface area contributed by atoms with Gasteiger partial charge in [0.25, 0.3) is 0 Å². The van der Waals surface area contributed by atoms with Crippen molar-refractivity contribution in [3.63, 3.8) is 0 Å². The predicted octanol–water partition coefficient (Wildman–Crippen LogP) is 0.812. The second kappa shape index (κ2) is 7.44. The number of ether oxygens (including phenoxy) is 1. The highest BCUT2D eigenvalue weighted by molar-refractivity contribution is 5.75. The predicted molar refractivity (Wildman–Crippen MR) is 74.2 cm³/mol. The van der Waals surface area contributed by atoms with Crippen LogP contribution in [0.15, 0.2) is 0 Å². The van der Waals surface area contributed by atoms with Gasteiger partial charge in [0.1, 0.15) is 0 Å². The van der Waals surface area contributed by atoms with Crippen LogP contribution in [0, 0.1) is 5.41 Å². The van der Waals surface area contributed by atoms with Crippen LogP contribution in [0.5, 0.6) is 0 Å². The van der Waals surface area contributed by atoms with E-state index in [1.807, 2.05) is 20.8 Å². The first-order valence-corrected chi connectivity index (χ1v) is 6.88. The lowest BCUT2D eigenvalue weighted by molar-refractivity contribution is -0.137. The summed E-state index contributed by atoms with van der Waals surface area (Å²) in [5.41, 5.74) is 2.67. The molecule has 0 saturated carbocycles. The van der Waals surface area contributed by atoms with Crippen LogP contribution in [0.1, 0.15) is 33.6 Å². The SMILES string of the molecule is CC(C)(C)CC(CC(=O)O)NC(=O)NN1CCOCC1. The first kappa shape index (κ1) is 16.7. The maximum atomic E-state index is 11.9. The van der Waals surface area contributed by atoms with E-state index in [0.29, 0.717) is 32.7 Å². The number of hydrazine groups is 1. The number of carboxylic acid groups (broad SMARTS) is 1. The Balaban J connectivity index is 2.45. The summed E-state index contributed by atoms with van der Waals surface area (Å²) >= 11 is 0.